The quantitative estimate of drug-likeness (QED) is 0.705. The highest BCUT2D eigenvalue weighted by molar-refractivity contribution is 7.18. The molecular formula is C20H23N5O2S. The number of piperidine rings is 1. The summed E-state index contributed by atoms with van der Waals surface area (Å²) in [6.45, 7) is 7.18. The van der Waals surface area contributed by atoms with Crippen LogP contribution in [0.15, 0.2) is 24.5 Å². The van der Waals surface area contributed by atoms with Gasteiger partial charge < -0.3 is 15.3 Å². The summed E-state index contributed by atoms with van der Waals surface area (Å²) in [5, 5.41) is 14.5. The molecule has 4 rings (SSSR count). The summed E-state index contributed by atoms with van der Waals surface area (Å²) in [5.41, 5.74) is 2.33. The Morgan fingerprint density at radius 1 is 1.29 bits per heavy atom. The number of carbonyl (C=O) groups is 1. The average Bonchev–Trinajstić information content (AvgIpc) is 2.97. The number of hydrogen-bond acceptors (Lipinski definition) is 7. The Balaban J connectivity index is 1.58. The molecule has 0 unspecified atom stereocenters. The van der Waals surface area contributed by atoms with Crippen molar-refractivity contribution in [2.45, 2.75) is 39.3 Å². The molecule has 2 N–H and O–H groups in total. The molecule has 1 fully saturated rings. The molecule has 3 aromatic heterocycles. The zero-order chi connectivity index (χ0) is 19.8. The molecule has 0 aromatic carbocycles. The minimum Gasteiger partial charge on any atom is -0.391 e. The van der Waals surface area contributed by atoms with E-state index >= 15 is 0 Å². The summed E-state index contributed by atoms with van der Waals surface area (Å²) < 4.78 is 0. The SMILES string of the molecule is Cc1cccc(C(=O)N[C@@H]2CN(c3ncnc4sc(C)c(C)c34)CC[C@@H]2O)n1. The third-order valence-corrected chi connectivity index (χ3v) is 6.37. The zero-order valence-electron chi connectivity index (χ0n) is 16.1. The van der Waals surface area contributed by atoms with Crippen LogP contribution in [0.3, 0.4) is 0 Å². The summed E-state index contributed by atoms with van der Waals surface area (Å²) >= 11 is 1.66. The van der Waals surface area contributed by atoms with Crippen molar-refractivity contribution in [3.05, 3.63) is 46.4 Å². The van der Waals surface area contributed by atoms with E-state index in [0.29, 0.717) is 25.2 Å². The van der Waals surface area contributed by atoms with E-state index in [0.717, 1.165) is 21.7 Å². The number of nitrogens with one attached hydrogen (secondary N) is 1. The second-order valence-corrected chi connectivity index (χ2v) is 8.41. The molecule has 146 valence electrons. The first-order valence-corrected chi connectivity index (χ1v) is 10.1. The maximum absolute atomic E-state index is 12.6. The largest absolute Gasteiger partial charge is 0.391 e. The van der Waals surface area contributed by atoms with Crippen LogP contribution in [0.1, 0.15) is 33.0 Å². The molecule has 1 amide bonds. The Labute approximate surface area is 167 Å². The maximum Gasteiger partial charge on any atom is 0.270 e. The lowest BCUT2D eigenvalue weighted by Crippen LogP contribution is -2.55. The van der Waals surface area contributed by atoms with Crippen LogP contribution < -0.4 is 10.2 Å². The average molecular weight is 398 g/mol. The number of fused-ring (bicyclic) bond motifs is 1. The lowest BCUT2D eigenvalue weighted by atomic mass is 10.0. The Kier molecular flexibility index (Phi) is 4.99. The molecule has 0 radical (unpaired) electrons. The van der Waals surface area contributed by atoms with E-state index in [-0.39, 0.29) is 5.91 Å². The van der Waals surface area contributed by atoms with Gasteiger partial charge in [-0.25, -0.2) is 15.0 Å². The number of aliphatic hydroxyl groups is 1. The summed E-state index contributed by atoms with van der Waals surface area (Å²) in [5.74, 6) is 0.594. The number of aliphatic hydroxyl groups excluding tert-OH is 1. The van der Waals surface area contributed by atoms with E-state index in [1.807, 2.05) is 13.0 Å². The fourth-order valence-electron chi connectivity index (χ4n) is 3.59. The highest BCUT2D eigenvalue weighted by Crippen LogP contribution is 2.35. The van der Waals surface area contributed by atoms with E-state index in [1.54, 1.807) is 29.8 Å². The third-order valence-electron chi connectivity index (χ3n) is 5.26. The number of anilines is 1. The number of carbonyl (C=O) groups excluding carboxylic acids is 1. The van der Waals surface area contributed by atoms with Gasteiger partial charge in [-0.3, -0.25) is 4.79 Å². The minimum atomic E-state index is -0.604. The third kappa shape index (κ3) is 3.45. The first-order valence-electron chi connectivity index (χ1n) is 9.32. The first kappa shape index (κ1) is 18.8. The molecule has 3 aromatic rings. The summed E-state index contributed by atoms with van der Waals surface area (Å²) in [6, 6.07) is 4.94. The van der Waals surface area contributed by atoms with Gasteiger partial charge in [-0.1, -0.05) is 6.07 Å². The molecule has 0 spiro atoms. The second kappa shape index (κ2) is 7.44. The standard InChI is InChI=1S/C20H23N5O2S/c1-11-5-4-6-14(23-11)19(27)24-15-9-25(8-7-16(15)26)18-17-12(2)13(3)28-20(17)22-10-21-18/h4-6,10,15-16,26H,7-9H2,1-3H3,(H,24,27)/t15-,16+/m1/s1. The van der Waals surface area contributed by atoms with Crippen molar-refractivity contribution in [3.8, 4) is 0 Å². The molecule has 0 bridgehead atoms. The van der Waals surface area contributed by atoms with E-state index in [9.17, 15) is 9.90 Å². The molecule has 8 heteroatoms. The van der Waals surface area contributed by atoms with Gasteiger partial charge >= 0.3 is 0 Å². The number of aromatic nitrogens is 3. The molecule has 7 nitrogen and oxygen atoms in total. The van der Waals surface area contributed by atoms with Crippen molar-refractivity contribution in [1.82, 2.24) is 20.3 Å². The molecule has 1 aliphatic heterocycles. The number of pyridine rings is 1. The van der Waals surface area contributed by atoms with Gasteiger partial charge in [0.1, 0.15) is 22.7 Å². The number of hydrogen-bond donors (Lipinski definition) is 2. The monoisotopic (exact) mass is 397 g/mol. The first-order chi connectivity index (χ1) is 13.4. The lowest BCUT2D eigenvalue weighted by molar-refractivity contribution is 0.0781. The molecule has 1 aliphatic rings. The van der Waals surface area contributed by atoms with Gasteiger partial charge in [0, 0.05) is 23.7 Å². The Bertz CT molecular complexity index is 1030. The number of thiophene rings is 1. The summed E-state index contributed by atoms with van der Waals surface area (Å²) in [4.78, 5) is 30.1. The van der Waals surface area contributed by atoms with Gasteiger partial charge in [0.15, 0.2) is 0 Å². The fourth-order valence-corrected chi connectivity index (χ4v) is 4.58. The molecule has 0 aliphatic carbocycles. The van der Waals surface area contributed by atoms with Gasteiger partial charge in [-0.05, 0) is 44.9 Å². The Morgan fingerprint density at radius 2 is 2.11 bits per heavy atom. The van der Waals surface area contributed by atoms with Gasteiger partial charge in [0.25, 0.3) is 5.91 Å². The van der Waals surface area contributed by atoms with Crippen LogP contribution in [0, 0.1) is 20.8 Å². The second-order valence-electron chi connectivity index (χ2n) is 7.21. The number of nitrogens with zero attached hydrogens (tertiary/aromatic N) is 4. The zero-order valence-corrected chi connectivity index (χ0v) is 17.0. The molecule has 2 atom stereocenters. The van der Waals surface area contributed by atoms with Crippen LogP contribution in [0.2, 0.25) is 0 Å². The minimum absolute atomic E-state index is 0.273. The van der Waals surface area contributed by atoms with Crippen molar-refractivity contribution in [3.63, 3.8) is 0 Å². The van der Waals surface area contributed by atoms with Gasteiger partial charge in [-0.15, -0.1) is 11.3 Å². The normalized spacial score (nSPS) is 19.8. The maximum atomic E-state index is 12.6. The van der Waals surface area contributed by atoms with E-state index in [2.05, 4.69) is 39.0 Å². The van der Waals surface area contributed by atoms with Crippen LogP contribution in [0.25, 0.3) is 10.2 Å². The van der Waals surface area contributed by atoms with Crippen molar-refractivity contribution in [2.24, 2.45) is 0 Å². The van der Waals surface area contributed by atoms with Crippen LogP contribution in [0.5, 0.6) is 0 Å². The summed E-state index contributed by atoms with van der Waals surface area (Å²) in [6.07, 6.45) is 1.54. The number of aryl methyl sites for hydroxylation is 3. The number of rotatable bonds is 3. The van der Waals surface area contributed by atoms with Crippen LogP contribution in [-0.4, -0.2) is 51.2 Å². The lowest BCUT2D eigenvalue weighted by Gasteiger charge is -2.37. The smallest absolute Gasteiger partial charge is 0.270 e. The highest BCUT2D eigenvalue weighted by Gasteiger charge is 2.31. The molecule has 28 heavy (non-hydrogen) atoms. The molecule has 4 heterocycles. The van der Waals surface area contributed by atoms with Crippen LogP contribution in [-0.2, 0) is 0 Å². The van der Waals surface area contributed by atoms with Crippen molar-refractivity contribution in [1.29, 1.82) is 0 Å². The highest BCUT2D eigenvalue weighted by atomic mass is 32.1. The van der Waals surface area contributed by atoms with Crippen molar-refractivity contribution < 1.29 is 9.90 Å². The predicted octanol–water partition coefficient (Wildman–Crippen LogP) is 2.38. The molecule has 0 saturated carbocycles. The topological polar surface area (TPSA) is 91.2 Å². The van der Waals surface area contributed by atoms with Crippen molar-refractivity contribution >= 4 is 33.3 Å². The Hall–Kier alpha value is -2.58. The molecular weight excluding hydrogens is 374 g/mol. The van der Waals surface area contributed by atoms with E-state index < -0.39 is 12.1 Å². The number of amides is 1. The Morgan fingerprint density at radius 3 is 2.89 bits per heavy atom. The molecule has 1 saturated heterocycles. The van der Waals surface area contributed by atoms with Gasteiger partial charge in [0.2, 0.25) is 0 Å². The van der Waals surface area contributed by atoms with Crippen molar-refractivity contribution in [2.75, 3.05) is 18.0 Å². The fraction of sp³-hybridized carbons (Fsp3) is 0.400. The van der Waals surface area contributed by atoms with E-state index in [4.69, 9.17) is 0 Å². The van der Waals surface area contributed by atoms with Crippen LogP contribution in [0.4, 0.5) is 5.82 Å². The predicted molar refractivity (Wildman–Crippen MR) is 110 cm³/mol. The van der Waals surface area contributed by atoms with Gasteiger partial charge in [-0.2, -0.15) is 0 Å². The summed E-state index contributed by atoms with van der Waals surface area (Å²) in [7, 11) is 0. The van der Waals surface area contributed by atoms with Crippen LogP contribution >= 0.6 is 11.3 Å². The van der Waals surface area contributed by atoms with Gasteiger partial charge in [0.05, 0.1) is 17.5 Å². The van der Waals surface area contributed by atoms with E-state index in [1.165, 1.54) is 10.4 Å².